The molecule has 1 aliphatic heterocycles. The van der Waals surface area contributed by atoms with Crippen LogP contribution in [0.4, 0.5) is 10.2 Å². The number of nitrogens with zero attached hydrogens (tertiary/aromatic N) is 4. The second-order valence-electron chi connectivity index (χ2n) is 7.96. The topological polar surface area (TPSA) is 92.4 Å². The highest BCUT2D eigenvalue weighted by Gasteiger charge is 2.22. The van der Waals surface area contributed by atoms with Crippen LogP contribution in [0.25, 0.3) is 27.9 Å². The van der Waals surface area contributed by atoms with Crippen molar-refractivity contribution in [3.63, 3.8) is 0 Å². The fourth-order valence-corrected chi connectivity index (χ4v) is 4.32. The zero-order chi connectivity index (χ0) is 27.2. The van der Waals surface area contributed by atoms with Crippen molar-refractivity contribution in [2.24, 2.45) is 6.98 Å². The number of phenols is 1. The SMILES string of the molecule is [2H]C([2H])([2H])n1ccn(-c2ccc(-c3cc(F)cc(-c4ccnc(N5CCNCC5=O)c4)c3O)cc2Cl)c1=O. The van der Waals surface area contributed by atoms with Gasteiger partial charge in [0.1, 0.15) is 17.4 Å². The molecule has 0 spiro atoms. The molecular formula is C25H21ClFN5O3. The Labute approximate surface area is 209 Å². The van der Waals surface area contributed by atoms with Crippen LogP contribution in [0.3, 0.4) is 0 Å². The van der Waals surface area contributed by atoms with Gasteiger partial charge in [-0.15, -0.1) is 0 Å². The summed E-state index contributed by atoms with van der Waals surface area (Å²) in [6, 6.07) is 10.0. The summed E-state index contributed by atoms with van der Waals surface area (Å²) in [5.74, 6) is -0.588. The fraction of sp³-hybridized carbons (Fsp3) is 0.160. The summed E-state index contributed by atoms with van der Waals surface area (Å²) in [5.41, 5.74) is 0.590. The van der Waals surface area contributed by atoms with Crippen LogP contribution in [0, 0.1) is 5.82 Å². The van der Waals surface area contributed by atoms with E-state index in [1.807, 2.05) is 0 Å². The maximum atomic E-state index is 14.8. The summed E-state index contributed by atoms with van der Waals surface area (Å²) in [4.78, 5) is 30.6. The predicted molar refractivity (Wildman–Crippen MR) is 132 cm³/mol. The Hall–Kier alpha value is -3.95. The van der Waals surface area contributed by atoms with Gasteiger partial charge in [0, 0.05) is 53.9 Å². The van der Waals surface area contributed by atoms with Crippen LogP contribution in [0.2, 0.25) is 5.02 Å². The van der Waals surface area contributed by atoms with E-state index in [0.29, 0.717) is 34.6 Å². The van der Waals surface area contributed by atoms with Crippen LogP contribution in [0.1, 0.15) is 4.11 Å². The molecule has 0 saturated carbocycles. The van der Waals surface area contributed by atoms with E-state index >= 15 is 0 Å². The number of hydrogen-bond acceptors (Lipinski definition) is 5. The van der Waals surface area contributed by atoms with Gasteiger partial charge in [-0.25, -0.2) is 14.2 Å². The van der Waals surface area contributed by atoms with Crippen molar-refractivity contribution in [1.82, 2.24) is 19.4 Å². The first kappa shape index (κ1) is 19.4. The number of benzene rings is 2. The number of aryl methyl sites for hydroxylation is 1. The molecule has 8 nitrogen and oxygen atoms in total. The number of aromatic hydroxyl groups is 1. The molecule has 0 unspecified atom stereocenters. The lowest BCUT2D eigenvalue weighted by Crippen LogP contribution is -2.48. The first-order chi connectivity index (χ1) is 18.0. The van der Waals surface area contributed by atoms with Crippen molar-refractivity contribution in [3.05, 3.63) is 82.4 Å². The van der Waals surface area contributed by atoms with Crippen molar-refractivity contribution >= 4 is 23.3 Å². The van der Waals surface area contributed by atoms with Crippen molar-refractivity contribution in [2.45, 2.75) is 0 Å². The van der Waals surface area contributed by atoms with E-state index < -0.39 is 18.5 Å². The minimum atomic E-state index is -2.65. The summed E-state index contributed by atoms with van der Waals surface area (Å²) in [6.45, 7) is -1.43. The monoisotopic (exact) mass is 496 g/mol. The third-order valence-electron chi connectivity index (χ3n) is 5.79. The van der Waals surface area contributed by atoms with Gasteiger partial charge in [-0.3, -0.25) is 14.3 Å². The molecule has 3 heterocycles. The Balaban J connectivity index is 1.54. The molecule has 1 aliphatic rings. The van der Waals surface area contributed by atoms with Crippen LogP contribution in [0.5, 0.6) is 5.75 Å². The summed E-state index contributed by atoms with van der Waals surface area (Å²) in [7, 11) is 0. The number of phenolic OH excluding ortho intramolecular Hbond substituents is 1. The molecule has 0 radical (unpaired) electrons. The maximum absolute atomic E-state index is 14.8. The Morgan fingerprint density at radius 3 is 2.57 bits per heavy atom. The van der Waals surface area contributed by atoms with Crippen LogP contribution in [-0.4, -0.2) is 44.8 Å². The van der Waals surface area contributed by atoms with Crippen LogP contribution in [0.15, 0.2) is 65.8 Å². The molecule has 4 aromatic rings. The minimum absolute atomic E-state index is 0.0847. The van der Waals surface area contributed by atoms with E-state index in [-0.39, 0.29) is 40.0 Å². The van der Waals surface area contributed by atoms with Gasteiger partial charge in [0.25, 0.3) is 0 Å². The van der Waals surface area contributed by atoms with Gasteiger partial charge in [-0.05, 0) is 47.5 Å². The average molecular weight is 497 g/mol. The number of anilines is 1. The van der Waals surface area contributed by atoms with Gasteiger partial charge in [0.05, 0.1) is 17.3 Å². The summed E-state index contributed by atoms with van der Waals surface area (Å²) >= 11 is 6.44. The van der Waals surface area contributed by atoms with Crippen molar-refractivity contribution in [1.29, 1.82) is 0 Å². The number of amides is 1. The number of nitrogens with one attached hydrogen (secondary N) is 1. The molecule has 0 bridgehead atoms. The number of carbonyl (C=O) groups excluding carboxylic acids is 1. The quantitative estimate of drug-likeness (QED) is 0.452. The first-order valence-electron chi connectivity index (χ1n) is 12.2. The van der Waals surface area contributed by atoms with Gasteiger partial charge in [-0.2, -0.15) is 0 Å². The van der Waals surface area contributed by atoms with Crippen LogP contribution >= 0.6 is 11.6 Å². The molecule has 2 aromatic heterocycles. The van der Waals surface area contributed by atoms with E-state index in [4.69, 9.17) is 15.7 Å². The molecule has 10 heteroatoms. The molecule has 0 aliphatic carbocycles. The van der Waals surface area contributed by atoms with Gasteiger partial charge < -0.3 is 15.0 Å². The molecule has 2 N–H and O–H groups in total. The molecule has 1 amide bonds. The molecule has 0 atom stereocenters. The van der Waals surface area contributed by atoms with Crippen LogP contribution < -0.4 is 15.9 Å². The lowest BCUT2D eigenvalue weighted by atomic mass is 9.97. The standard InChI is InChI=1S/C25H21ClFN5O3/c1-30-8-9-31(25(30)35)21-3-2-15(10-20(21)26)18-12-17(27)13-19(24(18)34)16-4-5-29-22(11-16)32-7-6-28-14-23(32)33/h2-5,8-13,28,34H,6-7,14H2,1H3/i1D3. The molecule has 1 fully saturated rings. The van der Waals surface area contributed by atoms with Gasteiger partial charge in [-0.1, -0.05) is 17.7 Å². The molecule has 1 saturated heterocycles. The number of piperazine rings is 1. The number of rotatable bonds is 4. The van der Waals surface area contributed by atoms with Crippen molar-refractivity contribution in [3.8, 4) is 33.7 Å². The number of halogens is 2. The molecule has 2 aromatic carbocycles. The number of imidazole rings is 1. The smallest absolute Gasteiger partial charge is 0.332 e. The second-order valence-corrected chi connectivity index (χ2v) is 8.37. The lowest BCUT2D eigenvalue weighted by molar-refractivity contribution is -0.118. The minimum Gasteiger partial charge on any atom is -0.507 e. The molecule has 178 valence electrons. The lowest BCUT2D eigenvalue weighted by Gasteiger charge is -2.26. The first-order valence-corrected chi connectivity index (χ1v) is 11.0. The Morgan fingerprint density at radius 1 is 1.11 bits per heavy atom. The number of pyridine rings is 1. The van der Waals surface area contributed by atoms with E-state index in [1.54, 1.807) is 12.1 Å². The third kappa shape index (κ3) is 4.20. The zero-order valence-electron chi connectivity index (χ0n) is 21.2. The molecule has 35 heavy (non-hydrogen) atoms. The van der Waals surface area contributed by atoms with Crippen molar-refractivity contribution < 1.29 is 18.4 Å². The predicted octanol–water partition coefficient (Wildman–Crippen LogP) is 3.34. The summed E-state index contributed by atoms with van der Waals surface area (Å²) in [5, 5.41) is 14.2. The third-order valence-corrected chi connectivity index (χ3v) is 6.10. The Kier molecular flexibility index (Phi) is 4.99. The second kappa shape index (κ2) is 9.01. The van der Waals surface area contributed by atoms with Gasteiger partial charge in [0.15, 0.2) is 0 Å². The zero-order valence-corrected chi connectivity index (χ0v) is 19.0. The van der Waals surface area contributed by atoms with Gasteiger partial charge >= 0.3 is 5.69 Å². The van der Waals surface area contributed by atoms with E-state index in [1.165, 1.54) is 41.6 Å². The summed E-state index contributed by atoms with van der Waals surface area (Å²) < 4.78 is 38.9. The highest BCUT2D eigenvalue weighted by molar-refractivity contribution is 6.32. The molecular weight excluding hydrogens is 473 g/mol. The average Bonchev–Trinajstić information content (AvgIpc) is 3.27. The highest BCUT2D eigenvalue weighted by atomic mass is 35.5. The number of aromatic nitrogens is 3. The number of carbonyl (C=O) groups is 1. The van der Waals surface area contributed by atoms with E-state index in [2.05, 4.69) is 10.3 Å². The van der Waals surface area contributed by atoms with Gasteiger partial charge in [0.2, 0.25) is 5.91 Å². The van der Waals surface area contributed by atoms with Crippen molar-refractivity contribution in [2.75, 3.05) is 24.5 Å². The Morgan fingerprint density at radius 2 is 1.89 bits per heavy atom. The van der Waals surface area contributed by atoms with E-state index in [0.717, 1.165) is 16.8 Å². The Bertz CT molecular complexity index is 1620. The fourth-order valence-electron chi connectivity index (χ4n) is 4.05. The molecule has 5 rings (SSSR count). The summed E-state index contributed by atoms with van der Waals surface area (Å²) in [6.07, 6.45) is 3.91. The number of hydrogen-bond donors (Lipinski definition) is 2. The largest absolute Gasteiger partial charge is 0.507 e. The van der Waals surface area contributed by atoms with E-state index in [9.17, 15) is 19.1 Å². The van der Waals surface area contributed by atoms with Crippen LogP contribution in [-0.2, 0) is 11.8 Å². The maximum Gasteiger partial charge on any atom is 0.332 e. The highest BCUT2D eigenvalue weighted by Crippen LogP contribution is 2.40. The normalized spacial score (nSPS) is 15.5.